The molecular weight excluding hydrogens is 234 g/mol. The van der Waals surface area contributed by atoms with Crippen molar-refractivity contribution in [2.45, 2.75) is 25.8 Å². The molecule has 0 aromatic heterocycles. The summed E-state index contributed by atoms with van der Waals surface area (Å²) in [6, 6.07) is 9.21. The Morgan fingerprint density at radius 1 is 1.24 bits per heavy atom. The molecule has 90 valence electrons. The van der Waals surface area contributed by atoms with Crippen molar-refractivity contribution in [1.29, 1.82) is 0 Å². The van der Waals surface area contributed by atoms with Crippen molar-refractivity contribution in [3.63, 3.8) is 0 Å². The molecular formula is C14H16ClNO. The molecule has 2 rings (SSSR count). The van der Waals surface area contributed by atoms with Gasteiger partial charge < -0.3 is 10.8 Å². The second-order valence-electron chi connectivity index (χ2n) is 5.09. The second-order valence-corrected chi connectivity index (χ2v) is 5.53. The smallest absolute Gasteiger partial charge is 0.119 e. The van der Waals surface area contributed by atoms with Gasteiger partial charge in [0.25, 0.3) is 0 Å². The Labute approximate surface area is 106 Å². The van der Waals surface area contributed by atoms with Crippen molar-refractivity contribution < 1.29 is 5.11 Å². The minimum Gasteiger partial charge on any atom is -0.508 e. The molecule has 2 nitrogen and oxygen atoms in total. The zero-order chi connectivity index (χ0) is 12.6. The van der Waals surface area contributed by atoms with Gasteiger partial charge in [-0.25, -0.2) is 0 Å². The highest BCUT2D eigenvalue weighted by Crippen LogP contribution is 2.31. The average molecular weight is 250 g/mol. The molecule has 0 saturated heterocycles. The van der Waals surface area contributed by atoms with Gasteiger partial charge in [0, 0.05) is 16.1 Å². The monoisotopic (exact) mass is 249 g/mol. The van der Waals surface area contributed by atoms with Crippen LogP contribution in [-0.2, 0) is 6.42 Å². The molecule has 0 unspecified atom stereocenters. The minimum atomic E-state index is -0.356. The Kier molecular flexibility index (Phi) is 3.02. The highest BCUT2D eigenvalue weighted by Gasteiger charge is 2.16. The summed E-state index contributed by atoms with van der Waals surface area (Å²) in [5.41, 5.74) is 6.55. The molecule has 0 fully saturated rings. The van der Waals surface area contributed by atoms with Crippen LogP contribution in [0.4, 0.5) is 0 Å². The molecule has 2 aromatic rings. The first-order chi connectivity index (χ1) is 7.87. The molecule has 0 spiro atoms. The number of aromatic hydroxyl groups is 1. The van der Waals surface area contributed by atoms with Crippen LogP contribution in [0, 0.1) is 0 Å². The van der Waals surface area contributed by atoms with Gasteiger partial charge in [0.05, 0.1) is 0 Å². The number of halogens is 1. The van der Waals surface area contributed by atoms with Crippen molar-refractivity contribution in [3.05, 3.63) is 40.9 Å². The van der Waals surface area contributed by atoms with Crippen molar-refractivity contribution >= 4 is 22.4 Å². The lowest BCUT2D eigenvalue weighted by Gasteiger charge is -2.20. The Morgan fingerprint density at radius 3 is 2.59 bits per heavy atom. The molecule has 3 N–H and O–H groups in total. The molecule has 2 aromatic carbocycles. The Morgan fingerprint density at radius 2 is 1.94 bits per heavy atom. The molecule has 0 aliphatic heterocycles. The van der Waals surface area contributed by atoms with Gasteiger partial charge in [-0.1, -0.05) is 23.7 Å². The molecule has 0 heterocycles. The lowest BCUT2D eigenvalue weighted by atomic mass is 9.92. The predicted molar refractivity (Wildman–Crippen MR) is 72.6 cm³/mol. The number of nitrogens with two attached hydrogens (primary N) is 1. The van der Waals surface area contributed by atoms with E-state index in [1.807, 2.05) is 38.1 Å². The van der Waals surface area contributed by atoms with E-state index in [0.29, 0.717) is 17.2 Å². The van der Waals surface area contributed by atoms with E-state index in [-0.39, 0.29) is 5.54 Å². The van der Waals surface area contributed by atoms with Crippen LogP contribution in [0.5, 0.6) is 5.75 Å². The first-order valence-electron chi connectivity index (χ1n) is 5.56. The molecule has 0 aliphatic rings. The Bertz CT molecular complexity index is 558. The van der Waals surface area contributed by atoms with Gasteiger partial charge in [0.2, 0.25) is 0 Å². The maximum atomic E-state index is 9.95. The lowest BCUT2D eigenvalue weighted by Crippen LogP contribution is -2.34. The fourth-order valence-corrected chi connectivity index (χ4v) is 2.18. The van der Waals surface area contributed by atoms with E-state index < -0.39 is 0 Å². The number of hydrogen-bond acceptors (Lipinski definition) is 2. The van der Waals surface area contributed by atoms with Gasteiger partial charge in [-0.15, -0.1) is 0 Å². The summed E-state index contributed by atoms with van der Waals surface area (Å²) < 4.78 is 0. The molecule has 0 bridgehead atoms. The van der Waals surface area contributed by atoms with Crippen LogP contribution in [-0.4, -0.2) is 10.6 Å². The molecule has 0 amide bonds. The SMILES string of the molecule is CC(C)(N)Cc1c(O)ccc2cc(Cl)ccc12. The van der Waals surface area contributed by atoms with Crippen molar-refractivity contribution in [2.75, 3.05) is 0 Å². The van der Waals surface area contributed by atoms with Gasteiger partial charge >= 0.3 is 0 Å². The van der Waals surface area contributed by atoms with Gasteiger partial charge in [-0.2, -0.15) is 0 Å². The van der Waals surface area contributed by atoms with Crippen LogP contribution in [0.1, 0.15) is 19.4 Å². The maximum absolute atomic E-state index is 9.95. The summed E-state index contributed by atoms with van der Waals surface area (Å²) in [6.45, 7) is 3.89. The molecule has 0 radical (unpaired) electrons. The van der Waals surface area contributed by atoms with Crippen LogP contribution >= 0.6 is 11.6 Å². The van der Waals surface area contributed by atoms with E-state index in [0.717, 1.165) is 16.3 Å². The molecule has 3 heteroatoms. The zero-order valence-electron chi connectivity index (χ0n) is 10.00. The quantitative estimate of drug-likeness (QED) is 0.856. The summed E-state index contributed by atoms with van der Waals surface area (Å²) in [4.78, 5) is 0. The highest BCUT2D eigenvalue weighted by molar-refractivity contribution is 6.31. The van der Waals surface area contributed by atoms with Gasteiger partial charge in [-0.05, 0) is 49.2 Å². The number of phenolic OH excluding ortho intramolecular Hbond substituents is 1. The average Bonchev–Trinajstić information content (AvgIpc) is 2.21. The lowest BCUT2D eigenvalue weighted by molar-refractivity contribution is 0.452. The third-order valence-electron chi connectivity index (χ3n) is 2.70. The second kappa shape index (κ2) is 4.21. The summed E-state index contributed by atoms with van der Waals surface area (Å²) in [5, 5.41) is 12.7. The Hall–Kier alpha value is -1.25. The van der Waals surface area contributed by atoms with Crippen LogP contribution in [0.2, 0.25) is 5.02 Å². The first kappa shape index (κ1) is 12.2. The van der Waals surface area contributed by atoms with Crippen LogP contribution in [0.3, 0.4) is 0 Å². The van der Waals surface area contributed by atoms with Crippen LogP contribution in [0.25, 0.3) is 10.8 Å². The number of fused-ring (bicyclic) bond motifs is 1. The minimum absolute atomic E-state index is 0.290. The van der Waals surface area contributed by atoms with E-state index in [1.165, 1.54) is 0 Å². The number of hydrogen-bond donors (Lipinski definition) is 2. The standard InChI is InChI=1S/C14H16ClNO/c1-14(2,16)8-12-11-5-4-10(15)7-9(11)3-6-13(12)17/h3-7,17H,8,16H2,1-2H3. The normalized spacial score (nSPS) is 12.0. The van der Waals surface area contributed by atoms with E-state index in [1.54, 1.807) is 6.07 Å². The number of rotatable bonds is 2. The summed E-state index contributed by atoms with van der Waals surface area (Å²) in [7, 11) is 0. The third-order valence-corrected chi connectivity index (χ3v) is 2.94. The summed E-state index contributed by atoms with van der Waals surface area (Å²) in [5.74, 6) is 0.290. The maximum Gasteiger partial charge on any atom is 0.119 e. The summed E-state index contributed by atoms with van der Waals surface area (Å²) in [6.07, 6.45) is 0.623. The summed E-state index contributed by atoms with van der Waals surface area (Å²) >= 11 is 5.96. The zero-order valence-corrected chi connectivity index (χ0v) is 10.8. The fraction of sp³-hybridized carbons (Fsp3) is 0.286. The first-order valence-corrected chi connectivity index (χ1v) is 5.94. The van der Waals surface area contributed by atoms with Crippen LogP contribution < -0.4 is 5.73 Å². The van der Waals surface area contributed by atoms with Crippen molar-refractivity contribution in [3.8, 4) is 5.75 Å². The molecule has 0 saturated carbocycles. The molecule has 0 atom stereocenters. The van der Waals surface area contributed by atoms with Gasteiger partial charge in [-0.3, -0.25) is 0 Å². The van der Waals surface area contributed by atoms with Crippen molar-refractivity contribution in [1.82, 2.24) is 0 Å². The Balaban J connectivity index is 2.64. The molecule has 0 aliphatic carbocycles. The van der Waals surface area contributed by atoms with Gasteiger partial charge in [0.1, 0.15) is 5.75 Å². The third kappa shape index (κ3) is 2.71. The van der Waals surface area contributed by atoms with E-state index >= 15 is 0 Å². The number of benzene rings is 2. The number of phenols is 1. The molecule has 17 heavy (non-hydrogen) atoms. The predicted octanol–water partition coefficient (Wildman–Crippen LogP) is 3.48. The topological polar surface area (TPSA) is 46.2 Å². The van der Waals surface area contributed by atoms with E-state index in [9.17, 15) is 5.11 Å². The van der Waals surface area contributed by atoms with Crippen LogP contribution in [0.15, 0.2) is 30.3 Å². The fourth-order valence-electron chi connectivity index (χ4n) is 1.99. The largest absolute Gasteiger partial charge is 0.508 e. The van der Waals surface area contributed by atoms with Crippen molar-refractivity contribution in [2.24, 2.45) is 5.73 Å². The van der Waals surface area contributed by atoms with E-state index in [2.05, 4.69) is 0 Å². The highest BCUT2D eigenvalue weighted by atomic mass is 35.5. The van der Waals surface area contributed by atoms with Gasteiger partial charge in [0.15, 0.2) is 0 Å². The van der Waals surface area contributed by atoms with E-state index in [4.69, 9.17) is 17.3 Å².